The summed E-state index contributed by atoms with van der Waals surface area (Å²) >= 11 is 0. The van der Waals surface area contributed by atoms with Crippen molar-refractivity contribution in [1.82, 2.24) is 4.98 Å². The molecule has 3 rings (SSSR count). The van der Waals surface area contributed by atoms with Crippen molar-refractivity contribution < 1.29 is 0 Å². The number of nitrogens with zero attached hydrogens (tertiary/aromatic N) is 2. The first-order chi connectivity index (χ1) is 10.7. The maximum absolute atomic E-state index is 5.78. The third kappa shape index (κ3) is 3.17. The van der Waals surface area contributed by atoms with Crippen molar-refractivity contribution in [3.05, 3.63) is 30.3 Å². The zero-order chi connectivity index (χ0) is 15.5. The van der Waals surface area contributed by atoms with E-state index in [4.69, 9.17) is 10.7 Å². The number of benzene rings is 1. The summed E-state index contributed by atoms with van der Waals surface area (Å²) < 4.78 is 0. The van der Waals surface area contributed by atoms with E-state index in [1.165, 1.54) is 36.8 Å². The number of rotatable bonds is 4. The topological polar surface area (TPSA) is 54.2 Å². The third-order valence-corrected chi connectivity index (χ3v) is 4.71. The minimum atomic E-state index is 0.520. The Kier molecular flexibility index (Phi) is 4.48. The van der Waals surface area contributed by atoms with Crippen molar-refractivity contribution in [2.75, 3.05) is 30.9 Å². The van der Waals surface area contributed by atoms with Crippen molar-refractivity contribution >= 4 is 22.4 Å². The lowest BCUT2D eigenvalue weighted by molar-refractivity contribution is 0.344. The summed E-state index contributed by atoms with van der Waals surface area (Å²) in [6, 6.07) is 11.0. The van der Waals surface area contributed by atoms with Crippen LogP contribution in [0, 0.1) is 5.92 Å². The van der Waals surface area contributed by atoms with E-state index >= 15 is 0 Å². The van der Waals surface area contributed by atoms with Gasteiger partial charge in [-0.1, -0.05) is 18.2 Å². The Morgan fingerprint density at radius 3 is 2.59 bits per heavy atom. The lowest BCUT2D eigenvalue weighted by atomic mass is 9.86. The van der Waals surface area contributed by atoms with Gasteiger partial charge in [0.1, 0.15) is 5.82 Å². The first-order valence-corrected chi connectivity index (χ1v) is 8.21. The van der Waals surface area contributed by atoms with Gasteiger partial charge in [-0.3, -0.25) is 0 Å². The second kappa shape index (κ2) is 6.53. The van der Waals surface area contributed by atoms with Crippen molar-refractivity contribution in [2.24, 2.45) is 11.7 Å². The van der Waals surface area contributed by atoms with E-state index < -0.39 is 0 Å². The standard InChI is InChI=1S/C18H26N4/c1-22(2)17-11-18(21-16-6-4-3-5-15(16)17)20-14-9-7-13(12-19)8-10-14/h3-6,11,13-14H,7-10,12,19H2,1-2H3,(H,20,21). The van der Waals surface area contributed by atoms with Crippen LogP contribution in [-0.2, 0) is 0 Å². The Balaban J connectivity index is 1.82. The van der Waals surface area contributed by atoms with Gasteiger partial charge in [-0.25, -0.2) is 4.98 Å². The molecule has 4 nitrogen and oxygen atoms in total. The third-order valence-electron chi connectivity index (χ3n) is 4.71. The first kappa shape index (κ1) is 15.1. The molecule has 22 heavy (non-hydrogen) atoms. The van der Waals surface area contributed by atoms with Gasteiger partial charge in [0.15, 0.2) is 0 Å². The molecule has 1 aromatic heterocycles. The zero-order valence-corrected chi connectivity index (χ0v) is 13.5. The van der Waals surface area contributed by atoms with Gasteiger partial charge in [-0.2, -0.15) is 0 Å². The monoisotopic (exact) mass is 298 g/mol. The molecule has 0 unspecified atom stereocenters. The Hall–Kier alpha value is -1.81. The maximum atomic E-state index is 5.78. The molecule has 0 bridgehead atoms. The van der Waals surface area contributed by atoms with Crippen LogP contribution >= 0.6 is 0 Å². The molecular formula is C18H26N4. The van der Waals surface area contributed by atoms with Crippen molar-refractivity contribution in [3.63, 3.8) is 0 Å². The summed E-state index contributed by atoms with van der Waals surface area (Å²) in [7, 11) is 4.16. The molecule has 0 saturated heterocycles. The van der Waals surface area contributed by atoms with Crippen LogP contribution in [-0.4, -0.2) is 31.7 Å². The molecule has 0 atom stereocenters. The van der Waals surface area contributed by atoms with E-state index in [9.17, 15) is 0 Å². The van der Waals surface area contributed by atoms with Crippen LogP contribution < -0.4 is 16.0 Å². The lowest BCUT2D eigenvalue weighted by Gasteiger charge is -2.29. The molecule has 1 aliphatic carbocycles. The summed E-state index contributed by atoms with van der Waals surface area (Å²) in [5, 5.41) is 4.83. The van der Waals surface area contributed by atoms with E-state index in [-0.39, 0.29) is 0 Å². The van der Waals surface area contributed by atoms with Gasteiger partial charge in [0.05, 0.1) is 5.52 Å². The number of anilines is 2. The molecule has 0 amide bonds. The predicted octanol–water partition coefficient (Wildman–Crippen LogP) is 3.23. The summed E-state index contributed by atoms with van der Waals surface area (Å²) in [5.41, 5.74) is 8.04. The number of para-hydroxylation sites is 1. The van der Waals surface area contributed by atoms with Gasteiger partial charge >= 0.3 is 0 Å². The van der Waals surface area contributed by atoms with Gasteiger partial charge in [0.2, 0.25) is 0 Å². The summed E-state index contributed by atoms with van der Waals surface area (Å²) in [6.07, 6.45) is 4.83. The fourth-order valence-electron chi connectivity index (χ4n) is 3.35. The van der Waals surface area contributed by atoms with Crippen LogP contribution in [0.15, 0.2) is 30.3 Å². The molecular weight excluding hydrogens is 272 g/mol. The quantitative estimate of drug-likeness (QED) is 0.910. The minimum absolute atomic E-state index is 0.520. The number of hydrogen-bond donors (Lipinski definition) is 2. The van der Waals surface area contributed by atoms with Crippen LogP contribution in [0.3, 0.4) is 0 Å². The molecule has 0 spiro atoms. The number of fused-ring (bicyclic) bond motifs is 1. The molecule has 1 aromatic carbocycles. The van der Waals surface area contributed by atoms with Crippen LogP contribution in [0.25, 0.3) is 10.9 Å². The second-order valence-corrected chi connectivity index (χ2v) is 6.54. The summed E-state index contributed by atoms with van der Waals surface area (Å²) in [6.45, 7) is 0.825. The number of pyridine rings is 1. The fraction of sp³-hybridized carbons (Fsp3) is 0.500. The van der Waals surface area contributed by atoms with Crippen molar-refractivity contribution in [1.29, 1.82) is 0 Å². The highest BCUT2D eigenvalue weighted by Crippen LogP contribution is 2.30. The average molecular weight is 298 g/mol. The summed E-state index contributed by atoms with van der Waals surface area (Å²) in [5.74, 6) is 1.69. The van der Waals surface area contributed by atoms with E-state index in [0.717, 1.165) is 17.9 Å². The number of nitrogens with two attached hydrogens (primary N) is 1. The molecule has 0 radical (unpaired) electrons. The van der Waals surface area contributed by atoms with Crippen molar-refractivity contribution in [2.45, 2.75) is 31.7 Å². The van der Waals surface area contributed by atoms with Crippen molar-refractivity contribution in [3.8, 4) is 0 Å². The minimum Gasteiger partial charge on any atom is -0.377 e. The van der Waals surface area contributed by atoms with Gasteiger partial charge in [0, 0.05) is 37.3 Å². The first-order valence-electron chi connectivity index (χ1n) is 8.21. The molecule has 1 fully saturated rings. The Bertz CT molecular complexity index is 630. The molecule has 2 aromatic rings. The highest BCUT2D eigenvalue weighted by Gasteiger charge is 2.20. The normalized spacial score (nSPS) is 21.8. The van der Waals surface area contributed by atoms with Crippen LogP contribution in [0.2, 0.25) is 0 Å². The molecule has 3 N–H and O–H groups in total. The smallest absolute Gasteiger partial charge is 0.128 e. The van der Waals surface area contributed by atoms with Gasteiger partial charge in [-0.15, -0.1) is 0 Å². The Labute approximate surface area is 132 Å². The van der Waals surface area contributed by atoms with E-state index in [2.05, 4.69) is 48.6 Å². The molecule has 0 aliphatic heterocycles. The zero-order valence-electron chi connectivity index (χ0n) is 13.5. The van der Waals surface area contributed by atoms with E-state index in [1.54, 1.807) is 0 Å². The van der Waals surface area contributed by atoms with Gasteiger partial charge < -0.3 is 16.0 Å². The van der Waals surface area contributed by atoms with Crippen LogP contribution in [0.4, 0.5) is 11.5 Å². The lowest BCUT2D eigenvalue weighted by Crippen LogP contribution is -2.29. The molecule has 1 saturated carbocycles. The van der Waals surface area contributed by atoms with Crippen LogP contribution in [0.5, 0.6) is 0 Å². The molecule has 118 valence electrons. The predicted molar refractivity (Wildman–Crippen MR) is 94.5 cm³/mol. The van der Waals surface area contributed by atoms with E-state index in [0.29, 0.717) is 12.0 Å². The second-order valence-electron chi connectivity index (χ2n) is 6.54. The van der Waals surface area contributed by atoms with Crippen LogP contribution in [0.1, 0.15) is 25.7 Å². The number of hydrogen-bond acceptors (Lipinski definition) is 4. The Morgan fingerprint density at radius 2 is 1.91 bits per heavy atom. The highest BCUT2D eigenvalue weighted by atomic mass is 15.1. The molecule has 1 heterocycles. The van der Waals surface area contributed by atoms with E-state index in [1.807, 2.05) is 6.07 Å². The molecule has 4 heteroatoms. The number of nitrogens with one attached hydrogen (secondary N) is 1. The molecule has 1 aliphatic rings. The average Bonchev–Trinajstić information content (AvgIpc) is 2.54. The van der Waals surface area contributed by atoms with Gasteiger partial charge in [-0.05, 0) is 44.2 Å². The largest absolute Gasteiger partial charge is 0.377 e. The summed E-state index contributed by atoms with van der Waals surface area (Å²) in [4.78, 5) is 6.94. The van der Waals surface area contributed by atoms with Gasteiger partial charge in [0.25, 0.3) is 0 Å². The Morgan fingerprint density at radius 1 is 1.18 bits per heavy atom. The maximum Gasteiger partial charge on any atom is 0.128 e. The fourth-order valence-corrected chi connectivity index (χ4v) is 3.35. The SMILES string of the molecule is CN(C)c1cc(NC2CCC(CN)CC2)nc2ccccc12. The highest BCUT2D eigenvalue weighted by molar-refractivity contribution is 5.93. The number of aromatic nitrogens is 1.